The Morgan fingerprint density at radius 2 is 2.12 bits per heavy atom. The molecule has 0 aromatic carbocycles. The molecule has 4 heteroatoms. The van der Waals surface area contributed by atoms with Crippen molar-refractivity contribution in [3.05, 3.63) is 0 Å². The molecular weight excluding hydrogens is 216 g/mol. The van der Waals surface area contributed by atoms with Crippen LogP contribution in [-0.2, 0) is 4.79 Å². The maximum absolute atomic E-state index is 12.2. The van der Waals surface area contributed by atoms with E-state index in [4.69, 9.17) is 5.73 Å². The molecule has 3 N–H and O–H groups in total. The molecule has 1 rings (SSSR count). The Morgan fingerprint density at radius 1 is 1.47 bits per heavy atom. The molecule has 0 bridgehead atoms. The predicted molar refractivity (Wildman–Crippen MR) is 68.5 cm³/mol. The topological polar surface area (TPSA) is 66.6 Å². The fourth-order valence-electron chi connectivity index (χ4n) is 2.59. The number of carbonyl (C=O) groups excluding carboxylic acids is 1. The quantitative estimate of drug-likeness (QED) is 0.759. The molecule has 1 heterocycles. The van der Waals surface area contributed by atoms with Crippen LogP contribution in [0.4, 0.5) is 0 Å². The van der Waals surface area contributed by atoms with E-state index in [0.717, 1.165) is 25.8 Å². The first-order valence-electron chi connectivity index (χ1n) is 6.66. The molecule has 1 aliphatic heterocycles. The van der Waals surface area contributed by atoms with E-state index in [1.807, 2.05) is 4.90 Å². The molecule has 0 saturated carbocycles. The summed E-state index contributed by atoms with van der Waals surface area (Å²) in [6, 6.07) is -0.203. The summed E-state index contributed by atoms with van der Waals surface area (Å²) < 4.78 is 0. The van der Waals surface area contributed by atoms with E-state index in [0.29, 0.717) is 12.3 Å². The van der Waals surface area contributed by atoms with Gasteiger partial charge in [-0.05, 0) is 38.5 Å². The zero-order valence-electron chi connectivity index (χ0n) is 11.2. The third-order valence-electron chi connectivity index (χ3n) is 3.32. The first-order valence-corrected chi connectivity index (χ1v) is 6.66. The van der Waals surface area contributed by atoms with E-state index in [1.165, 1.54) is 0 Å². The van der Waals surface area contributed by atoms with Crippen molar-refractivity contribution in [3.63, 3.8) is 0 Å². The van der Waals surface area contributed by atoms with Crippen LogP contribution < -0.4 is 5.73 Å². The molecule has 0 radical (unpaired) electrons. The second-order valence-corrected chi connectivity index (χ2v) is 5.65. The van der Waals surface area contributed by atoms with E-state index in [1.54, 1.807) is 6.92 Å². The molecule has 2 unspecified atom stereocenters. The largest absolute Gasteiger partial charge is 0.393 e. The monoisotopic (exact) mass is 242 g/mol. The molecule has 0 aromatic heterocycles. The molecule has 0 aliphatic carbocycles. The third-order valence-corrected chi connectivity index (χ3v) is 3.32. The van der Waals surface area contributed by atoms with E-state index in [2.05, 4.69) is 13.8 Å². The van der Waals surface area contributed by atoms with Crippen molar-refractivity contribution < 1.29 is 9.90 Å². The lowest BCUT2D eigenvalue weighted by molar-refractivity contribution is -0.134. The summed E-state index contributed by atoms with van der Waals surface area (Å²) in [5, 5.41) is 9.43. The van der Waals surface area contributed by atoms with Gasteiger partial charge in [-0.3, -0.25) is 4.79 Å². The van der Waals surface area contributed by atoms with E-state index < -0.39 is 0 Å². The lowest BCUT2D eigenvalue weighted by atomic mass is 10.0. The Labute approximate surface area is 104 Å². The number of amides is 1. The minimum atomic E-state index is -0.385. The highest BCUT2D eigenvalue weighted by Crippen LogP contribution is 2.22. The highest BCUT2D eigenvalue weighted by molar-refractivity contribution is 5.82. The Balaban J connectivity index is 2.55. The van der Waals surface area contributed by atoms with Crippen LogP contribution in [-0.4, -0.2) is 40.6 Å². The SMILES string of the molecule is CC(C)C[C@@H](N)C(=O)N1CCCC1CC(C)O. The maximum atomic E-state index is 12.2. The minimum Gasteiger partial charge on any atom is -0.393 e. The van der Waals surface area contributed by atoms with Gasteiger partial charge < -0.3 is 15.7 Å². The molecule has 0 spiro atoms. The fraction of sp³-hybridized carbons (Fsp3) is 0.923. The van der Waals surface area contributed by atoms with E-state index in [9.17, 15) is 9.90 Å². The fourth-order valence-corrected chi connectivity index (χ4v) is 2.59. The van der Waals surface area contributed by atoms with Gasteiger partial charge in [0.1, 0.15) is 0 Å². The highest BCUT2D eigenvalue weighted by atomic mass is 16.3. The van der Waals surface area contributed by atoms with Crippen LogP contribution >= 0.6 is 0 Å². The lowest BCUT2D eigenvalue weighted by Gasteiger charge is -2.28. The number of rotatable bonds is 5. The highest BCUT2D eigenvalue weighted by Gasteiger charge is 2.32. The average Bonchev–Trinajstić information content (AvgIpc) is 2.62. The third kappa shape index (κ3) is 4.28. The van der Waals surface area contributed by atoms with Gasteiger partial charge in [-0.2, -0.15) is 0 Å². The summed E-state index contributed by atoms with van der Waals surface area (Å²) in [7, 11) is 0. The molecule has 3 atom stereocenters. The summed E-state index contributed by atoms with van der Waals surface area (Å²) in [5.41, 5.74) is 5.94. The van der Waals surface area contributed by atoms with E-state index >= 15 is 0 Å². The van der Waals surface area contributed by atoms with Crippen molar-refractivity contribution in [2.45, 2.75) is 64.6 Å². The Morgan fingerprint density at radius 3 is 2.65 bits per heavy atom. The first-order chi connectivity index (χ1) is 7.91. The normalized spacial score (nSPS) is 24.1. The summed E-state index contributed by atoms with van der Waals surface area (Å²) in [5.74, 6) is 0.494. The Hall–Kier alpha value is -0.610. The van der Waals surface area contributed by atoms with Crippen molar-refractivity contribution in [1.29, 1.82) is 0 Å². The number of likely N-dealkylation sites (tertiary alicyclic amines) is 1. The van der Waals surface area contributed by atoms with Crippen LogP contribution in [0.1, 0.15) is 46.5 Å². The van der Waals surface area contributed by atoms with Gasteiger partial charge in [0.2, 0.25) is 5.91 Å². The van der Waals surface area contributed by atoms with Crippen LogP contribution in [0.15, 0.2) is 0 Å². The number of carbonyl (C=O) groups is 1. The Kier molecular flexibility index (Phi) is 5.40. The second kappa shape index (κ2) is 6.36. The lowest BCUT2D eigenvalue weighted by Crippen LogP contribution is -2.47. The van der Waals surface area contributed by atoms with Gasteiger partial charge in [-0.25, -0.2) is 0 Å². The number of aliphatic hydroxyl groups is 1. The van der Waals surface area contributed by atoms with Gasteiger partial charge in [0, 0.05) is 12.6 Å². The molecule has 0 aromatic rings. The second-order valence-electron chi connectivity index (χ2n) is 5.65. The van der Waals surface area contributed by atoms with Crippen LogP contribution in [0.3, 0.4) is 0 Å². The zero-order valence-corrected chi connectivity index (χ0v) is 11.2. The number of nitrogens with two attached hydrogens (primary N) is 1. The van der Waals surface area contributed by atoms with Crippen molar-refractivity contribution in [1.82, 2.24) is 4.90 Å². The average molecular weight is 242 g/mol. The molecule has 1 amide bonds. The van der Waals surface area contributed by atoms with Crippen LogP contribution in [0.2, 0.25) is 0 Å². The van der Waals surface area contributed by atoms with Crippen LogP contribution in [0.25, 0.3) is 0 Å². The van der Waals surface area contributed by atoms with Crippen molar-refractivity contribution in [2.75, 3.05) is 6.54 Å². The molecule has 17 heavy (non-hydrogen) atoms. The van der Waals surface area contributed by atoms with Crippen LogP contribution in [0, 0.1) is 5.92 Å². The molecule has 1 fully saturated rings. The minimum absolute atomic E-state index is 0.0573. The molecule has 100 valence electrons. The molecule has 1 aliphatic rings. The van der Waals surface area contributed by atoms with Gasteiger partial charge in [0.05, 0.1) is 12.1 Å². The van der Waals surface area contributed by atoms with Gasteiger partial charge in [-0.15, -0.1) is 0 Å². The van der Waals surface area contributed by atoms with Crippen molar-refractivity contribution in [3.8, 4) is 0 Å². The van der Waals surface area contributed by atoms with Gasteiger partial charge in [-0.1, -0.05) is 13.8 Å². The van der Waals surface area contributed by atoms with Gasteiger partial charge in [0.15, 0.2) is 0 Å². The molecule has 4 nitrogen and oxygen atoms in total. The standard InChI is InChI=1S/C13H26N2O2/c1-9(2)7-12(14)13(17)15-6-4-5-11(15)8-10(3)16/h9-12,16H,4-8,14H2,1-3H3/t10?,11?,12-/m1/s1. The summed E-state index contributed by atoms with van der Waals surface area (Å²) >= 11 is 0. The van der Waals surface area contributed by atoms with Crippen LogP contribution in [0.5, 0.6) is 0 Å². The number of aliphatic hydroxyl groups excluding tert-OH is 1. The summed E-state index contributed by atoms with van der Waals surface area (Å²) in [4.78, 5) is 14.1. The number of hydrogen-bond donors (Lipinski definition) is 2. The number of nitrogens with zero attached hydrogens (tertiary/aromatic N) is 1. The first kappa shape index (κ1) is 14.5. The van der Waals surface area contributed by atoms with E-state index in [-0.39, 0.29) is 24.1 Å². The maximum Gasteiger partial charge on any atom is 0.239 e. The summed E-state index contributed by atoms with van der Waals surface area (Å²) in [6.45, 7) is 6.71. The summed E-state index contributed by atoms with van der Waals surface area (Å²) in [6.07, 6.45) is 3.06. The van der Waals surface area contributed by atoms with Gasteiger partial charge >= 0.3 is 0 Å². The molecular formula is C13H26N2O2. The number of hydrogen-bond acceptors (Lipinski definition) is 3. The smallest absolute Gasteiger partial charge is 0.239 e. The van der Waals surface area contributed by atoms with Gasteiger partial charge in [0.25, 0.3) is 0 Å². The van der Waals surface area contributed by atoms with Crippen molar-refractivity contribution >= 4 is 5.91 Å². The predicted octanol–water partition coefficient (Wildman–Crippen LogP) is 1.12. The van der Waals surface area contributed by atoms with Crippen molar-refractivity contribution in [2.24, 2.45) is 11.7 Å². The zero-order chi connectivity index (χ0) is 13.0. The Bertz CT molecular complexity index is 254. The molecule has 1 saturated heterocycles.